The standard InChI is InChI=1S/C16H21N5O2S/c1-10(2)21-9-17-20-16(21)24-8-14(22)19-15(23)18-13-6-5-11(3)7-12(13)4/h5-7,9-10H,8H2,1-4H3,(H2,18,19,22,23). The third-order valence-electron chi connectivity index (χ3n) is 3.31. The molecule has 24 heavy (non-hydrogen) atoms. The van der Waals surface area contributed by atoms with Crippen LogP contribution in [0.2, 0.25) is 0 Å². The first-order valence-corrected chi connectivity index (χ1v) is 8.55. The summed E-state index contributed by atoms with van der Waals surface area (Å²) in [5, 5.41) is 13.4. The van der Waals surface area contributed by atoms with E-state index < -0.39 is 6.03 Å². The van der Waals surface area contributed by atoms with Crippen LogP contribution >= 0.6 is 11.8 Å². The van der Waals surface area contributed by atoms with Crippen LogP contribution in [0, 0.1) is 13.8 Å². The van der Waals surface area contributed by atoms with Gasteiger partial charge in [-0.05, 0) is 39.3 Å². The van der Waals surface area contributed by atoms with Gasteiger partial charge in [-0.1, -0.05) is 29.5 Å². The van der Waals surface area contributed by atoms with Gasteiger partial charge in [0, 0.05) is 11.7 Å². The van der Waals surface area contributed by atoms with Gasteiger partial charge >= 0.3 is 6.03 Å². The molecule has 0 fully saturated rings. The molecule has 128 valence electrons. The van der Waals surface area contributed by atoms with Crippen LogP contribution in [-0.2, 0) is 4.79 Å². The highest BCUT2D eigenvalue weighted by Gasteiger charge is 2.13. The Morgan fingerprint density at radius 1 is 1.29 bits per heavy atom. The van der Waals surface area contributed by atoms with E-state index in [2.05, 4.69) is 20.8 Å². The summed E-state index contributed by atoms with van der Waals surface area (Å²) in [7, 11) is 0. The molecule has 0 spiro atoms. The first-order chi connectivity index (χ1) is 11.4. The molecule has 0 saturated carbocycles. The second-order valence-corrected chi connectivity index (χ2v) is 6.67. The fourth-order valence-electron chi connectivity index (χ4n) is 2.09. The number of carbonyl (C=O) groups is 2. The van der Waals surface area contributed by atoms with Crippen LogP contribution in [0.25, 0.3) is 0 Å². The van der Waals surface area contributed by atoms with E-state index in [0.717, 1.165) is 11.1 Å². The molecule has 0 aliphatic carbocycles. The van der Waals surface area contributed by atoms with Gasteiger partial charge in [0.1, 0.15) is 6.33 Å². The zero-order chi connectivity index (χ0) is 17.7. The number of carbonyl (C=O) groups excluding carboxylic acids is 2. The highest BCUT2D eigenvalue weighted by Crippen LogP contribution is 2.18. The van der Waals surface area contributed by atoms with Crippen LogP contribution in [0.1, 0.15) is 31.0 Å². The summed E-state index contributed by atoms with van der Waals surface area (Å²) in [6.45, 7) is 7.89. The predicted octanol–water partition coefficient (Wildman–Crippen LogP) is 2.92. The summed E-state index contributed by atoms with van der Waals surface area (Å²) in [6.07, 6.45) is 1.62. The number of nitrogens with zero attached hydrogens (tertiary/aromatic N) is 3. The van der Waals surface area contributed by atoms with Gasteiger partial charge in [0.25, 0.3) is 0 Å². The molecule has 3 amide bonds. The monoisotopic (exact) mass is 347 g/mol. The van der Waals surface area contributed by atoms with Crippen molar-refractivity contribution in [3.05, 3.63) is 35.7 Å². The molecular weight excluding hydrogens is 326 g/mol. The van der Waals surface area contributed by atoms with Crippen LogP contribution in [0.3, 0.4) is 0 Å². The highest BCUT2D eigenvalue weighted by atomic mass is 32.2. The minimum absolute atomic E-state index is 0.0890. The van der Waals surface area contributed by atoms with Crippen molar-refractivity contribution >= 4 is 29.4 Å². The Hall–Kier alpha value is -2.35. The van der Waals surface area contributed by atoms with Gasteiger partial charge in [-0.25, -0.2) is 4.79 Å². The average molecular weight is 347 g/mol. The molecule has 1 heterocycles. The largest absolute Gasteiger partial charge is 0.325 e. The lowest BCUT2D eigenvalue weighted by atomic mass is 10.1. The number of anilines is 1. The van der Waals surface area contributed by atoms with E-state index in [1.54, 1.807) is 6.33 Å². The fourth-order valence-corrected chi connectivity index (χ4v) is 2.93. The number of thioether (sulfide) groups is 1. The first kappa shape index (κ1) is 18.0. The number of hydrogen-bond acceptors (Lipinski definition) is 5. The van der Waals surface area contributed by atoms with Crippen LogP contribution in [0.4, 0.5) is 10.5 Å². The van der Waals surface area contributed by atoms with Crippen molar-refractivity contribution in [2.75, 3.05) is 11.1 Å². The summed E-state index contributed by atoms with van der Waals surface area (Å²) >= 11 is 1.24. The number of nitrogens with one attached hydrogen (secondary N) is 2. The Bertz CT molecular complexity index is 742. The summed E-state index contributed by atoms with van der Waals surface area (Å²) in [5.74, 6) is -0.299. The Balaban J connectivity index is 1.85. The Labute approximate surface area is 145 Å². The molecule has 2 rings (SSSR count). The zero-order valence-corrected chi connectivity index (χ0v) is 15.0. The van der Waals surface area contributed by atoms with E-state index in [1.165, 1.54) is 11.8 Å². The van der Waals surface area contributed by atoms with E-state index in [9.17, 15) is 9.59 Å². The maximum absolute atomic E-state index is 11.9. The lowest BCUT2D eigenvalue weighted by Crippen LogP contribution is -2.35. The van der Waals surface area contributed by atoms with Gasteiger partial charge in [-0.3, -0.25) is 10.1 Å². The van der Waals surface area contributed by atoms with E-state index >= 15 is 0 Å². The molecule has 2 aromatic rings. The maximum atomic E-state index is 11.9. The topological polar surface area (TPSA) is 88.9 Å². The summed E-state index contributed by atoms with van der Waals surface area (Å²) in [6, 6.07) is 5.34. The van der Waals surface area contributed by atoms with Crippen molar-refractivity contribution in [1.82, 2.24) is 20.1 Å². The van der Waals surface area contributed by atoms with Crippen molar-refractivity contribution in [1.29, 1.82) is 0 Å². The van der Waals surface area contributed by atoms with E-state index in [0.29, 0.717) is 10.8 Å². The summed E-state index contributed by atoms with van der Waals surface area (Å²) in [4.78, 5) is 23.8. The van der Waals surface area contributed by atoms with E-state index in [1.807, 2.05) is 50.5 Å². The van der Waals surface area contributed by atoms with Gasteiger partial charge < -0.3 is 9.88 Å². The molecule has 0 radical (unpaired) electrons. The molecule has 0 bridgehead atoms. The molecular formula is C16H21N5O2S. The molecule has 1 aromatic carbocycles. The van der Waals surface area contributed by atoms with Crippen LogP contribution in [0.15, 0.2) is 29.7 Å². The van der Waals surface area contributed by atoms with Crippen LogP contribution in [-0.4, -0.2) is 32.5 Å². The number of rotatable bonds is 5. The zero-order valence-electron chi connectivity index (χ0n) is 14.2. The van der Waals surface area contributed by atoms with Crippen molar-refractivity contribution in [3.8, 4) is 0 Å². The molecule has 7 nitrogen and oxygen atoms in total. The van der Waals surface area contributed by atoms with Gasteiger partial charge in [0.05, 0.1) is 5.75 Å². The van der Waals surface area contributed by atoms with Gasteiger partial charge in [-0.15, -0.1) is 10.2 Å². The lowest BCUT2D eigenvalue weighted by Gasteiger charge is -2.10. The second kappa shape index (κ2) is 7.96. The number of hydrogen-bond donors (Lipinski definition) is 2. The SMILES string of the molecule is Cc1ccc(NC(=O)NC(=O)CSc2nncn2C(C)C)c(C)c1. The summed E-state index contributed by atoms with van der Waals surface area (Å²) in [5.41, 5.74) is 2.73. The molecule has 1 aromatic heterocycles. The van der Waals surface area contributed by atoms with Gasteiger partial charge in [-0.2, -0.15) is 0 Å². The molecule has 0 saturated heterocycles. The predicted molar refractivity (Wildman–Crippen MR) is 94.2 cm³/mol. The van der Waals surface area contributed by atoms with E-state index in [-0.39, 0.29) is 17.7 Å². The van der Waals surface area contributed by atoms with Crippen molar-refractivity contribution < 1.29 is 9.59 Å². The van der Waals surface area contributed by atoms with Crippen molar-refractivity contribution in [2.45, 2.75) is 38.9 Å². The van der Waals surface area contributed by atoms with Gasteiger partial charge in [0.2, 0.25) is 5.91 Å². The molecule has 0 aliphatic rings. The first-order valence-electron chi connectivity index (χ1n) is 7.57. The number of benzene rings is 1. The second-order valence-electron chi connectivity index (χ2n) is 5.72. The smallest absolute Gasteiger partial charge is 0.307 e. The van der Waals surface area contributed by atoms with Crippen LogP contribution < -0.4 is 10.6 Å². The highest BCUT2D eigenvalue weighted by molar-refractivity contribution is 7.99. The number of aromatic nitrogens is 3. The average Bonchev–Trinajstić information content (AvgIpc) is 2.97. The Kier molecular flexibility index (Phi) is 5.97. The minimum atomic E-state index is -0.544. The third-order valence-corrected chi connectivity index (χ3v) is 4.27. The number of urea groups is 1. The minimum Gasteiger partial charge on any atom is -0.307 e. The number of aryl methyl sites for hydroxylation is 2. The maximum Gasteiger partial charge on any atom is 0.325 e. The van der Waals surface area contributed by atoms with E-state index in [4.69, 9.17) is 0 Å². The van der Waals surface area contributed by atoms with Crippen LogP contribution in [0.5, 0.6) is 0 Å². The lowest BCUT2D eigenvalue weighted by molar-refractivity contribution is -0.117. The molecule has 0 aliphatic heterocycles. The molecule has 0 atom stereocenters. The molecule has 8 heteroatoms. The normalized spacial score (nSPS) is 10.7. The van der Waals surface area contributed by atoms with Gasteiger partial charge in [0.15, 0.2) is 5.16 Å². The Morgan fingerprint density at radius 3 is 2.71 bits per heavy atom. The van der Waals surface area contributed by atoms with Crippen molar-refractivity contribution in [2.24, 2.45) is 0 Å². The molecule has 2 N–H and O–H groups in total. The third kappa shape index (κ3) is 4.82. The number of amides is 3. The Morgan fingerprint density at radius 2 is 2.04 bits per heavy atom. The summed E-state index contributed by atoms with van der Waals surface area (Å²) < 4.78 is 1.87. The molecule has 0 unspecified atom stereocenters. The quantitative estimate of drug-likeness (QED) is 0.812. The number of imide groups is 1. The van der Waals surface area contributed by atoms with Crippen molar-refractivity contribution in [3.63, 3.8) is 0 Å². The fraction of sp³-hybridized carbons (Fsp3) is 0.375.